The van der Waals surface area contributed by atoms with E-state index >= 15 is 0 Å². The molecule has 7 heteroatoms. The second kappa shape index (κ2) is 5.79. The molecule has 2 aliphatic heterocycles. The zero-order chi connectivity index (χ0) is 14.7. The molecule has 1 N–H and O–H groups in total. The van der Waals surface area contributed by atoms with E-state index in [1.807, 2.05) is 17.0 Å². The summed E-state index contributed by atoms with van der Waals surface area (Å²) in [6, 6.07) is 3.80. The molecule has 1 aromatic rings. The van der Waals surface area contributed by atoms with Crippen molar-refractivity contribution in [2.45, 2.75) is 12.6 Å². The number of aromatic nitrogens is 1. The number of aliphatic imine (C=N–C) groups is 1. The van der Waals surface area contributed by atoms with Crippen LogP contribution in [0.4, 0.5) is 5.69 Å². The quantitative estimate of drug-likeness (QED) is 0.800. The van der Waals surface area contributed by atoms with Gasteiger partial charge in [0.05, 0.1) is 18.8 Å². The highest BCUT2D eigenvalue weighted by Gasteiger charge is 2.30. The Bertz CT molecular complexity index is 581. The fourth-order valence-corrected chi connectivity index (χ4v) is 2.58. The summed E-state index contributed by atoms with van der Waals surface area (Å²) in [4.78, 5) is 24.0. The highest BCUT2D eigenvalue weighted by atomic mass is 16.2. The minimum Gasteiger partial charge on any atom is -0.332 e. The molecule has 2 aliphatic rings. The molecule has 0 radical (unpaired) electrons. The molecule has 7 nitrogen and oxygen atoms in total. The molecule has 1 aromatic heterocycles. The van der Waals surface area contributed by atoms with Crippen LogP contribution in [-0.4, -0.2) is 47.9 Å². The lowest BCUT2D eigenvalue weighted by Crippen LogP contribution is -2.41. The van der Waals surface area contributed by atoms with Crippen LogP contribution in [0, 0.1) is 17.4 Å². The topological polar surface area (TPSA) is 84.6 Å². The highest BCUT2D eigenvalue weighted by Crippen LogP contribution is 2.17. The lowest BCUT2D eigenvalue weighted by molar-refractivity contribution is -0.125. The van der Waals surface area contributed by atoms with E-state index in [4.69, 9.17) is 5.26 Å². The third-order valence-corrected chi connectivity index (χ3v) is 3.76. The predicted octanol–water partition coefficient (Wildman–Crippen LogP) is 0.175. The molecule has 2 unspecified atom stereocenters. The van der Waals surface area contributed by atoms with E-state index in [9.17, 15) is 4.79 Å². The van der Waals surface area contributed by atoms with Gasteiger partial charge in [-0.2, -0.15) is 5.26 Å². The first-order valence-corrected chi connectivity index (χ1v) is 6.91. The van der Waals surface area contributed by atoms with E-state index in [1.165, 1.54) is 0 Å². The number of nitrogens with one attached hydrogen (secondary N) is 1. The zero-order valence-corrected chi connectivity index (χ0v) is 11.5. The number of nitrogens with zero attached hydrogens (tertiary/aromatic N) is 5. The number of hydrogen-bond donors (Lipinski definition) is 1. The summed E-state index contributed by atoms with van der Waals surface area (Å²) >= 11 is 0. The minimum atomic E-state index is -0.234. The molecule has 0 bridgehead atoms. The van der Waals surface area contributed by atoms with Gasteiger partial charge in [-0.3, -0.25) is 9.78 Å². The molecule has 21 heavy (non-hydrogen) atoms. The van der Waals surface area contributed by atoms with Crippen molar-refractivity contribution in [1.29, 1.82) is 5.26 Å². The van der Waals surface area contributed by atoms with Crippen molar-refractivity contribution in [2.24, 2.45) is 10.9 Å². The van der Waals surface area contributed by atoms with Gasteiger partial charge in [-0.05, 0) is 18.6 Å². The Labute approximate surface area is 122 Å². The lowest BCUT2D eigenvalue weighted by atomic mass is 10.1. The summed E-state index contributed by atoms with van der Waals surface area (Å²) in [6.45, 7) is 1.78. The summed E-state index contributed by atoms with van der Waals surface area (Å²) < 4.78 is 0. The normalized spacial score (nSPS) is 24.1. The molecule has 2 atom stereocenters. The van der Waals surface area contributed by atoms with E-state index in [0.29, 0.717) is 19.6 Å². The number of nitriles is 1. The average molecular weight is 284 g/mol. The fourth-order valence-electron chi connectivity index (χ4n) is 2.58. The summed E-state index contributed by atoms with van der Waals surface area (Å²) in [7, 11) is 0. The second-order valence-electron chi connectivity index (χ2n) is 5.18. The molecule has 0 saturated carbocycles. The van der Waals surface area contributed by atoms with E-state index in [2.05, 4.69) is 21.5 Å². The van der Waals surface area contributed by atoms with Gasteiger partial charge in [0.1, 0.15) is 6.17 Å². The van der Waals surface area contributed by atoms with Crippen LogP contribution in [0.5, 0.6) is 0 Å². The van der Waals surface area contributed by atoms with Crippen LogP contribution in [0.2, 0.25) is 0 Å². The van der Waals surface area contributed by atoms with Crippen LogP contribution in [0.25, 0.3) is 0 Å². The minimum absolute atomic E-state index is 0.0218. The van der Waals surface area contributed by atoms with E-state index in [1.54, 1.807) is 23.6 Å². The number of carbonyl (C=O) groups is 1. The number of anilines is 1. The van der Waals surface area contributed by atoms with Gasteiger partial charge in [-0.15, -0.1) is 0 Å². The third-order valence-electron chi connectivity index (χ3n) is 3.76. The smallest absolute Gasteiger partial charge is 0.226 e. The molecule has 3 heterocycles. The molecule has 108 valence electrons. The Morgan fingerprint density at radius 1 is 1.38 bits per heavy atom. The average Bonchev–Trinajstić information content (AvgIpc) is 3.17. The van der Waals surface area contributed by atoms with Gasteiger partial charge >= 0.3 is 0 Å². The Morgan fingerprint density at radius 3 is 2.90 bits per heavy atom. The van der Waals surface area contributed by atoms with Gasteiger partial charge in [-0.25, -0.2) is 4.99 Å². The van der Waals surface area contributed by atoms with Crippen molar-refractivity contribution < 1.29 is 4.79 Å². The number of carbonyl (C=O) groups excluding carboxylic acids is 1. The van der Waals surface area contributed by atoms with Gasteiger partial charge in [0.15, 0.2) is 6.19 Å². The third kappa shape index (κ3) is 2.94. The maximum Gasteiger partial charge on any atom is 0.226 e. The number of hydrogen-bond acceptors (Lipinski definition) is 6. The maximum atomic E-state index is 12.2. The van der Waals surface area contributed by atoms with Crippen LogP contribution in [0.1, 0.15) is 6.42 Å². The van der Waals surface area contributed by atoms with E-state index < -0.39 is 0 Å². The van der Waals surface area contributed by atoms with Crippen molar-refractivity contribution in [2.75, 3.05) is 24.5 Å². The predicted molar refractivity (Wildman–Crippen MR) is 77.3 cm³/mol. The van der Waals surface area contributed by atoms with Gasteiger partial charge in [0.25, 0.3) is 0 Å². The molecule has 0 aliphatic carbocycles. The second-order valence-corrected chi connectivity index (χ2v) is 5.18. The standard InChI is InChI=1S/C14H16N6O/c15-9-19-6-3-11(7-19)14(21)18-13-8-20(10-17-13)12-1-4-16-5-2-12/h1-2,4-5,10-11,13H,3,6-8H2,(H,18,21). The molecule has 1 saturated heterocycles. The SMILES string of the molecule is N#CN1CCC(C(=O)NC2CN(c3ccncc3)C=N2)C1. The number of amides is 1. The summed E-state index contributed by atoms with van der Waals surface area (Å²) in [5.41, 5.74) is 1.00. The molecular weight excluding hydrogens is 268 g/mol. The molecule has 1 fully saturated rings. The van der Waals surface area contributed by atoms with Gasteiger partial charge in [0.2, 0.25) is 5.91 Å². The van der Waals surface area contributed by atoms with Crippen LogP contribution in [0.15, 0.2) is 29.5 Å². The van der Waals surface area contributed by atoms with Crippen molar-refractivity contribution in [3.05, 3.63) is 24.5 Å². The Hall–Kier alpha value is -2.62. The van der Waals surface area contributed by atoms with Crippen molar-refractivity contribution >= 4 is 17.9 Å². The largest absolute Gasteiger partial charge is 0.332 e. The van der Waals surface area contributed by atoms with Crippen molar-refractivity contribution in [3.8, 4) is 6.19 Å². The Balaban J connectivity index is 1.53. The highest BCUT2D eigenvalue weighted by molar-refractivity contribution is 5.83. The summed E-state index contributed by atoms with van der Waals surface area (Å²) in [6.07, 6.45) is 7.76. The van der Waals surface area contributed by atoms with Crippen LogP contribution < -0.4 is 10.2 Å². The molecule has 3 rings (SSSR count). The number of likely N-dealkylation sites (tertiary alicyclic amines) is 1. The van der Waals surface area contributed by atoms with E-state index in [0.717, 1.165) is 12.1 Å². The first-order chi connectivity index (χ1) is 10.3. The molecule has 0 aromatic carbocycles. The molecular formula is C14H16N6O. The van der Waals surface area contributed by atoms with Gasteiger partial charge in [-0.1, -0.05) is 0 Å². The maximum absolute atomic E-state index is 12.2. The lowest BCUT2D eigenvalue weighted by Gasteiger charge is -2.18. The molecule has 0 spiro atoms. The fraction of sp³-hybridized carbons (Fsp3) is 0.429. The van der Waals surface area contributed by atoms with Crippen LogP contribution in [-0.2, 0) is 4.79 Å². The van der Waals surface area contributed by atoms with Gasteiger partial charge < -0.3 is 15.1 Å². The Morgan fingerprint density at radius 2 is 2.19 bits per heavy atom. The van der Waals surface area contributed by atoms with E-state index in [-0.39, 0.29) is 18.0 Å². The summed E-state index contributed by atoms with van der Waals surface area (Å²) in [5, 5.41) is 11.8. The number of rotatable bonds is 3. The van der Waals surface area contributed by atoms with Crippen LogP contribution >= 0.6 is 0 Å². The number of pyridine rings is 1. The first kappa shape index (κ1) is 13.4. The Kier molecular flexibility index (Phi) is 3.69. The first-order valence-electron chi connectivity index (χ1n) is 6.91. The van der Waals surface area contributed by atoms with Crippen LogP contribution in [0.3, 0.4) is 0 Å². The van der Waals surface area contributed by atoms with Crippen molar-refractivity contribution in [3.63, 3.8) is 0 Å². The monoisotopic (exact) mass is 284 g/mol. The van der Waals surface area contributed by atoms with Gasteiger partial charge in [0, 0.05) is 31.2 Å². The van der Waals surface area contributed by atoms with Crippen molar-refractivity contribution in [1.82, 2.24) is 15.2 Å². The summed E-state index contributed by atoms with van der Waals surface area (Å²) in [5.74, 6) is -0.138. The zero-order valence-electron chi connectivity index (χ0n) is 11.5. The molecule has 1 amide bonds.